The number of amides is 1. The number of nitrogens with zero attached hydrogens (tertiary/aromatic N) is 1. The lowest BCUT2D eigenvalue weighted by atomic mass is 10.1. The van der Waals surface area contributed by atoms with E-state index in [1.54, 1.807) is 4.90 Å². The summed E-state index contributed by atoms with van der Waals surface area (Å²) in [5.74, 6) is 0.0962. The van der Waals surface area contributed by atoms with Gasteiger partial charge in [-0.15, -0.1) is 0 Å². The van der Waals surface area contributed by atoms with Crippen LogP contribution < -0.4 is 5.73 Å². The van der Waals surface area contributed by atoms with Gasteiger partial charge in [0.25, 0.3) is 0 Å². The average Bonchev–Trinajstić information content (AvgIpc) is 2.41. The molecule has 19 heavy (non-hydrogen) atoms. The topological polar surface area (TPSA) is 55.6 Å². The van der Waals surface area contributed by atoms with E-state index in [1.807, 2.05) is 31.2 Å². The van der Waals surface area contributed by atoms with Crippen molar-refractivity contribution in [3.8, 4) is 0 Å². The third-order valence-corrected chi connectivity index (χ3v) is 3.60. The number of thiocarbonyl (C=S) groups is 1. The Kier molecular flexibility index (Phi) is 4.50. The highest BCUT2D eigenvalue weighted by Gasteiger charge is 2.25. The monoisotopic (exact) mass is 278 g/mol. The van der Waals surface area contributed by atoms with Gasteiger partial charge in [-0.3, -0.25) is 4.79 Å². The highest BCUT2D eigenvalue weighted by atomic mass is 32.1. The van der Waals surface area contributed by atoms with Gasteiger partial charge < -0.3 is 15.4 Å². The number of hydrogen-bond donors (Lipinski definition) is 1. The third-order valence-electron chi connectivity index (χ3n) is 3.34. The molecule has 0 bridgehead atoms. The first-order chi connectivity index (χ1) is 9.08. The minimum absolute atomic E-state index is 0.0962. The van der Waals surface area contributed by atoms with E-state index < -0.39 is 0 Å². The van der Waals surface area contributed by atoms with E-state index in [0.29, 0.717) is 31.1 Å². The standard InChI is InChI=1S/C14H18N2O2S/c1-10-4-2-3-5-11(10)8-13(17)16-6-7-18-12(9-16)14(15)19/h2-5,12H,6-9H2,1H3,(H2,15,19). The predicted octanol–water partition coefficient (Wildman–Crippen LogP) is 1.05. The highest BCUT2D eigenvalue weighted by Crippen LogP contribution is 2.12. The summed E-state index contributed by atoms with van der Waals surface area (Å²) in [5.41, 5.74) is 7.77. The van der Waals surface area contributed by atoms with Gasteiger partial charge in [-0.2, -0.15) is 0 Å². The van der Waals surface area contributed by atoms with Gasteiger partial charge in [-0.05, 0) is 18.1 Å². The molecule has 1 aliphatic heterocycles. The van der Waals surface area contributed by atoms with E-state index in [-0.39, 0.29) is 12.0 Å². The van der Waals surface area contributed by atoms with Gasteiger partial charge in [0.15, 0.2) is 0 Å². The van der Waals surface area contributed by atoms with E-state index >= 15 is 0 Å². The molecule has 5 heteroatoms. The average molecular weight is 278 g/mol. The first-order valence-electron chi connectivity index (χ1n) is 6.31. The number of carbonyl (C=O) groups excluding carboxylic acids is 1. The summed E-state index contributed by atoms with van der Waals surface area (Å²) in [4.78, 5) is 14.4. The van der Waals surface area contributed by atoms with Crippen molar-refractivity contribution in [1.29, 1.82) is 0 Å². The molecule has 1 amide bonds. The highest BCUT2D eigenvalue weighted by molar-refractivity contribution is 7.80. The van der Waals surface area contributed by atoms with Crippen molar-refractivity contribution in [2.75, 3.05) is 19.7 Å². The van der Waals surface area contributed by atoms with Gasteiger partial charge in [-0.1, -0.05) is 36.5 Å². The van der Waals surface area contributed by atoms with Crippen molar-refractivity contribution in [2.45, 2.75) is 19.4 Å². The predicted molar refractivity (Wildman–Crippen MR) is 78.0 cm³/mol. The van der Waals surface area contributed by atoms with Crippen molar-refractivity contribution in [3.63, 3.8) is 0 Å². The first kappa shape index (κ1) is 14.0. The smallest absolute Gasteiger partial charge is 0.227 e. The van der Waals surface area contributed by atoms with Gasteiger partial charge in [0.05, 0.1) is 19.6 Å². The van der Waals surface area contributed by atoms with Crippen LogP contribution in [-0.2, 0) is 16.0 Å². The van der Waals surface area contributed by atoms with Crippen LogP contribution in [0.2, 0.25) is 0 Å². The van der Waals surface area contributed by atoms with Crippen molar-refractivity contribution in [2.24, 2.45) is 5.73 Å². The van der Waals surface area contributed by atoms with E-state index in [4.69, 9.17) is 22.7 Å². The molecule has 0 aliphatic carbocycles. The van der Waals surface area contributed by atoms with Crippen LogP contribution in [0, 0.1) is 6.92 Å². The number of benzene rings is 1. The molecule has 1 fully saturated rings. The molecule has 1 heterocycles. The van der Waals surface area contributed by atoms with Crippen LogP contribution in [0.1, 0.15) is 11.1 Å². The summed E-state index contributed by atoms with van der Waals surface area (Å²) in [6.45, 7) is 3.56. The van der Waals surface area contributed by atoms with Crippen molar-refractivity contribution < 1.29 is 9.53 Å². The Morgan fingerprint density at radius 2 is 2.26 bits per heavy atom. The Morgan fingerprint density at radius 1 is 1.53 bits per heavy atom. The number of aryl methyl sites for hydroxylation is 1. The van der Waals surface area contributed by atoms with Gasteiger partial charge in [0.2, 0.25) is 5.91 Å². The Labute approximate surface area is 118 Å². The maximum atomic E-state index is 12.3. The van der Waals surface area contributed by atoms with Gasteiger partial charge in [0, 0.05) is 6.54 Å². The zero-order chi connectivity index (χ0) is 13.8. The minimum Gasteiger partial charge on any atom is -0.391 e. The number of ether oxygens (including phenoxy) is 1. The van der Waals surface area contributed by atoms with Gasteiger partial charge >= 0.3 is 0 Å². The van der Waals surface area contributed by atoms with Crippen LogP contribution in [0.5, 0.6) is 0 Å². The molecule has 0 radical (unpaired) electrons. The van der Waals surface area contributed by atoms with Crippen LogP contribution in [0.4, 0.5) is 0 Å². The van der Waals surface area contributed by atoms with Crippen LogP contribution in [0.3, 0.4) is 0 Å². The molecule has 1 atom stereocenters. The Morgan fingerprint density at radius 3 is 2.95 bits per heavy atom. The van der Waals surface area contributed by atoms with Gasteiger partial charge in [-0.25, -0.2) is 0 Å². The molecule has 0 spiro atoms. The fraction of sp³-hybridized carbons (Fsp3) is 0.429. The number of carbonyl (C=O) groups is 1. The van der Waals surface area contributed by atoms with Crippen molar-refractivity contribution in [3.05, 3.63) is 35.4 Å². The molecule has 102 valence electrons. The normalized spacial score (nSPS) is 19.2. The summed E-state index contributed by atoms with van der Waals surface area (Å²) in [6, 6.07) is 7.92. The Balaban J connectivity index is 2.00. The molecule has 1 aromatic carbocycles. The molecule has 4 nitrogen and oxygen atoms in total. The lowest BCUT2D eigenvalue weighted by Gasteiger charge is -2.32. The summed E-state index contributed by atoms with van der Waals surface area (Å²) in [6.07, 6.45) is 0.0982. The second kappa shape index (κ2) is 6.12. The molecule has 2 rings (SSSR count). The molecule has 1 aliphatic rings. The second-order valence-corrected chi connectivity index (χ2v) is 5.18. The maximum Gasteiger partial charge on any atom is 0.227 e. The summed E-state index contributed by atoms with van der Waals surface area (Å²) in [7, 11) is 0. The molecular formula is C14H18N2O2S. The van der Waals surface area contributed by atoms with E-state index in [9.17, 15) is 4.79 Å². The molecule has 1 unspecified atom stereocenters. The van der Waals surface area contributed by atoms with Crippen molar-refractivity contribution in [1.82, 2.24) is 4.90 Å². The third kappa shape index (κ3) is 3.52. The zero-order valence-electron chi connectivity index (χ0n) is 11.0. The molecule has 2 N–H and O–H groups in total. The zero-order valence-corrected chi connectivity index (χ0v) is 11.8. The van der Waals surface area contributed by atoms with Crippen LogP contribution in [0.25, 0.3) is 0 Å². The number of rotatable bonds is 3. The van der Waals surface area contributed by atoms with Gasteiger partial charge in [0.1, 0.15) is 11.1 Å². The fourth-order valence-corrected chi connectivity index (χ4v) is 2.27. The molecule has 0 saturated carbocycles. The Hall–Kier alpha value is -1.46. The SMILES string of the molecule is Cc1ccccc1CC(=O)N1CCOC(C(N)=S)C1. The first-order valence-corrected chi connectivity index (χ1v) is 6.72. The molecule has 1 aromatic rings. The second-order valence-electron chi connectivity index (χ2n) is 4.70. The number of nitrogens with two attached hydrogens (primary N) is 1. The van der Waals surface area contributed by atoms with E-state index in [1.165, 1.54) is 0 Å². The van der Waals surface area contributed by atoms with E-state index in [0.717, 1.165) is 11.1 Å². The largest absolute Gasteiger partial charge is 0.391 e. The van der Waals surface area contributed by atoms with Crippen LogP contribution in [0.15, 0.2) is 24.3 Å². The van der Waals surface area contributed by atoms with Crippen LogP contribution in [-0.4, -0.2) is 41.6 Å². The summed E-state index contributed by atoms with van der Waals surface area (Å²) in [5, 5.41) is 0. The molecular weight excluding hydrogens is 260 g/mol. The maximum absolute atomic E-state index is 12.3. The minimum atomic E-state index is -0.315. The summed E-state index contributed by atoms with van der Waals surface area (Å²) < 4.78 is 5.43. The van der Waals surface area contributed by atoms with E-state index in [2.05, 4.69) is 0 Å². The number of hydrogen-bond acceptors (Lipinski definition) is 3. The number of morpholine rings is 1. The van der Waals surface area contributed by atoms with Crippen molar-refractivity contribution >= 4 is 23.1 Å². The lowest BCUT2D eigenvalue weighted by Crippen LogP contribution is -2.50. The lowest BCUT2D eigenvalue weighted by molar-refractivity contribution is -0.135. The van der Waals surface area contributed by atoms with Crippen LogP contribution >= 0.6 is 12.2 Å². The Bertz CT molecular complexity index is 490. The summed E-state index contributed by atoms with van der Waals surface area (Å²) >= 11 is 4.92. The molecule has 1 saturated heterocycles. The quantitative estimate of drug-likeness (QED) is 0.840. The fourth-order valence-electron chi connectivity index (χ4n) is 2.13. The molecule has 0 aromatic heterocycles.